The molecule has 2 N–H and O–H groups in total. The van der Waals surface area contributed by atoms with Crippen molar-refractivity contribution >= 4 is 17.4 Å². The summed E-state index contributed by atoms with van der Waals surface area (Å²) >= 11 is 1.86. The van der Waals surface area contributed by atoms with Crippen molar-refractivity contribution in [3.8, 4) is 11.5 Å². The Labute approximate surface area is 120 Å². The lowest BCUT2D eigenvalue weighted by molar-refractivity contribution is 0.425. The molecule has 0 aliphatic heterocycles. The van der Waals surface area contributed by atoms with Crippen LogP contribution in [-0.2, 0) is 5.75 Å². The minimum absolute atomic E-state index is 0.0474. The van der Waals surface area contributed by atoms with E-state index in [1.54, 1.807) is 12.1 Å². The normalized spacial score (nSPS) is 15.8. The molecular formula is C14H16FN3OS. The highest BCUT2D eigenvalue weighted by molar-refractivity contribution is 7.99. The van der Waals surface area contributed by atoms with Crippen LogP contribution in [0.5, 0.6) is 0 Å². The summed E-state index contributed by atoms with van der Waals surface area (Å²) in [4.78, 5) is 4.30. The number of hydrogen-bond donors (Lipinski definition) is 1. The van der Waals surface area contributed by atoms with E-state index < -0.39 is 5.82 Å². The fraction of sp³-hybridized carbons (Fsp3) is 0.429. The van der Waals surface area contributed by atoms with Crippen LogP contribution < -0.4 is 5.73 Å². The number of nitrogen functional groups attached to an aromatic ring is 1. The molecule has 4 nitrogen and oxygen atoms in total. The van der Waals surface area contributed by atoms with Gasteiger partial charge in [-0.2, -0.15) is 16.7 Å². The van der Waals surface area contributed by atoms with Gasteiger partial charge in [-0.1, -0.05) is 24.1 Å². The summed E-state index contributed by atoms with van der Waals surface area (Å²) in [6.07, 6.45) is 5.17. The van der Waals surface area contributed by atoms with Gasteiger partial charge in [0.25, 0.3) is 5.89 Å². The quantitative estimate of drug-likeness (QED) is 0.872. The molecule has 106 valence electrons. The molecule has 3 rings (SSSR count). The van der Waals surface area contributed by atoms with Crippen LogP contribution in [0.3, 0.4) is 0 Å². The van der Waals surface area contributed by atoms with Crippen molar-refractivity contribution in [1.82, 2.24) is 10.1 Å². The standard InChI is InChI=1S/C14H16FN3OS/c15-11-7-3-6-10(13(11)16)14-17-12(18-19-14)8-20-9-4-1-2-5-9/h3,6-7,9H,1-2,4-5,8,16H2. The van der Waals surface area contributed by atoms with E-state index in [0.29, 0.717) is 16.6 Å². The van der Waals surface area contributed by atoms with Gasteiger partial charge in [-0.25, -0.2) is 4.39 Å². The molecule has 1 aromatic heterocycles. The first-order valence-electron chi connectivity index (χ1n) is 6.72. The Morgan fingerprint density at radius 1 is 1.35 bits per heavy atom. The Morgan fingerprint density at radius 3 is 2.95 bits per heavy atom. The van der Waals surface area contributed by atoms with Crippen LogP contribution in [0.2, 0.25) is 0 Å². The van der Waals surface area contributed by atoms with Crippen molar-refractivity contribution in [3.05, 3.63) is 29.8 Å². The summed E-state index contributed by atoms with van der Waals surface area (Å²) in [6.45, 7) is 0. The predicted molar refractivity (Wildman–Crippen MR) is 77.7 cm³/mol. The van der Waals surface area contributed by atoms with E-state index >= 15 is 0 Å². The number of rotatable bonds is 4. The number of thioether (sulfide) groups is 1. The lowest BCUT2D eigenvalue weighted by atomic mass is 10.2. The molecule has 0 bridgehead atoms. The van der Waals surface area contributed by atoms with Gasteiger partial charge in [0.05, 0.1) is 17.0 Å². The molecule has 1 fully saturated rings. The summed E-state index contributed by atoms with van der Waals surface area (Å²) in [5, 5.41) is 4.64. The zero-order valence-electron chi connectivity index (χ0n) is 11.0. The van der Waals surface area contributed by atoms with Crippen LogP contribution in [0.25, 0.3) is 11.5 Å². The zero-order valence-corrected chi connectivity index (χ0v) is 11.8. The molecule has 6 heteroatoms. The predicted octanol–water partition coefficient (Wildman–Crippen LogP) is 3.63. The van der Waals surface area contributed by atoms with Crippen LogP contribution in [0.4, 0.5) is 10.1 Å². The smallest absolute Gasteiger partial charge is 0.260 e. The first-order chi connectivity index (χ1) is 9.74. The number of nitrogens with zero attached hydrogens (tertiary/aromatic N) is 2. The van der Waals surface area contributed by atoms with E-state index in [9.17, 15) is 4.39 Å². The average Bonchev–Trinajstić information content (AvgIpc) is 3.10. The average molecular weight is 293 g/mol. The van der Waals surface area contributed by atoms with Gasteiger partial charge in [0.1, 0.15) is 5.82 Å². The number of hydrogen-bond acceptors (Lipinski definition) is 5. The first kappa shape index (κ1) is 13.4. The van der Waals surface area contributed by atoms with Crippen molar-refractivity contribution in [2.24, 2.45) is 0 Å². The van der Waals surface area contributed by atoms with E-state index in [2.05, 4.69) is 10.1 Å². The van der Waals surface area contributed by atoms with E-state index in [0.717, 1.165) is 5.75 Å². The maximum atomic E-state index is 13.4. The van der Waals surface area contributed by atoms with Crippen molar-refractivity contribution in [2.75, 3.05) is 5.73 Å². The van der Waals surface area contributed by atoms with Crippen LogP contribution in [-0.4, -0.2) is 15.4 Å². The van der Waals surface area contributed by atoms with Crippen LogP contribution >= 0.6 is 11.8 Å². The van der Waals surface area contributed by atoms with Crippen molar-refractivity contribution < 1.29 is 8.91 Å². The summed E-state index contributed by atoms with van der Waals surface area (Å²) in [5.74, 6) is 1.18. The van der Waals surface area contributed by atoms with Crippen LogP contribution in [0, 0.1) is 5.82 Å². The summed E-state index contributed by atoms with van der Waals surface area (Å²) in [5.41, 5.74) is 6.19. The summed E-state index contributed by atoms with van der Waals surface area (Å²) in [6, 6.07) is 4.57. The molecule has 0 spiro atoms. The third-order valence-corrected chi connectivity index (χ3v) is 4.87. The third kappa shape index (κ3) is 2.80. The Hall–Kier alpha value is -1.56. The van der Waals surface area contributed by atoms with Gasteiger partial charge in [-0.05, 0) is 25.0 Å². The molecule has 1 aromatic carbocycles. The second-order valence-electron chi connectivity index (χ2n) is 4.93. The van der Waals surface area contributed by atoms with Crippen LogP contribution in [0.15, 0.2) is 22.7 Å². The molecule has 0 radical (unpaired) electrons. The first-order valence-corrected chi connectivity index (χ1v) is 7.77. The van der Waals surface area contributed by atoms with Gasteiger partial charge in [0.2, 0.25) is 0 Å². The molecular weight excluding hydrogens is 277 g/mol. The molecule has 0 atom stereocenters. The van der Waals surface area contributed by atoms with Gasteiger partial charge in [-0.15, -0.1) is 0 Å². The monoisotopic (exact) mass is 293 g/mol. The molecule has 0 amide bonds. The minimum atomic E-state index is -0.470. The largest absolute Gasteiger partial charge is 0.396 e. The molecule has 1 heterocycles. The molecule has 1 aliphatic carbocycles. The number of para-hydroxylation sites is 1. The molecule has 2 aromatic rings. The molecule has 1 saturated carbocycles. The van der Waals surface area contributed by atoms with E-state index in [1.807, 2.05) is 11.8 Å². The molecule has 0 saturated heterocycles. The second kappa shape index (κ2) is 5.83. The van der Waals surface area contributed by atoms with Crippen LogP contribution in [0.1, 0.15) is 31.5 Å². The van der Waals surface area contributed by atoms with Crippen molar-refractivity contribution in [1.29, 1.82) is 0 Å². The number of nitrogens with two attached hydrogens (primary N) is 1. The number of anilines is 1. The maximum Gasteiger partial charge on any atom is 0.260 e. The Morgan fingerprint density at radius 2 is 2.15 bits per heavy atom. The fourth-order valence-corrected chi connectivity index (χ4v) is 3.56. The Kier molecular flexibility index (Phi) is 3.91. The minimum Gasteiger partial charge on any atom is -0.396 e. The molecule has 1 aliphatic rings. The van der Waals surface area contributed by atoms with E-state index in [-0.39, 0.29) is 11.6 Å². The number of benzene rings is 1. The number of halogens is 1. The summed E-state index contributed by atoms with van der Waals surface area (Å²) < 4.78 is 18.6. The third-order valence-electron chi connectivity index (χ3n) is 3.50. The Bertz CT molecular complexity index is 596. The van der Waals surface area contributed by atoms with Gasteiger partial charge in [-0.3, -0.25) is 0 Å². The lowest BCUT2D eigenvalue weighted by Crippen LogP contribution is -1.96. The second-order valence-corrected chi connectivity index (χ2v) is 6.22. The Balaban J connectivity index is 1.71. The fourth-order valence-electron chi connectivity index (χ4n) is 2.39. The van der Waals surface area contributed by atoms with Crippen molar-refractivity contribution in [3.63, 3.8) is 0 Å². The molecule has 0 unspecified atom stereocenters. The molecule has 20 heavy (non-hydrogen) atoms. The topological polar surface area (TPSA) is 64.9 Å². The van der Waals surface area contributed by atoms with Gasteiger partial charge in [0, 0.05) is 5.25 Å². The zero-order chi connectivity index (χ0) is 13.9. The highest BCUT2D eigenvalue weighted by Crippen LogP contribution is 2.32. The van der Waals surface area contributed by atoms with Gasteiger partial charge in [0.15, 0.2) is 5.82 Å². The summed E-state index contributed by atoms with van der Waals surface area (Å²) in [7, 11) is 0. The highest BCUT2D eigenvalue weighted by atomic mass is 32.2. The number of aromatic nitrogens is 2. The van der Waals surface area contributed by atoms with E-state index in [1.165, 1.54) is 31.7 Å². The maximum absolute atomic E-state index is 13.4. The SMILES string of the molecule is Nc1c(F)cccc1-c1nc(CSC2CCCC2)no1. The lowest BCUT2D eigenvalue weighted by Gasteiger charge is -2.04. The van der Waals surface area contributed by atoms with Crippen molar-refractivity contribution in [2.45, 2.75) is 36.7 Å². The van der Waals surface area contributed by atoms with Gasteiger partial charge < -0.3 is 10.3 Å². The highest BCUT2D eigenvalue weighted by Gasteiger charge is 2.18. The van der Waals surface area contributed by atoms with E-state index in [4.69, 9.17) is 10.3 Å². The van der Waals surface area contributed by atoms with Gasteiger partial charge >= 0.3 is 0 Å².